The first kappa shape index (κ1) is 22.3. The van der Waals surface area contributed by atoms with Crippen LogP contribution in [0.2, 0.25) is 0 Å². The molecule has 0 spiro atoms. The molecule has 5 nitrogen and oxygen atoms in total. The van der Waals surface area contributed by atoms with Gasteiger partial charge in [-0.3, -0.25) is 9.59 Å². The van der Waals surface area contributed by atoms with E-state index in [1.807, 2.05) is 13.8 Å². The number of amides is 2. The molecule has 2 aromatic carbocycles. The van der Waals surface area contributed by atoms with Crippen molar-refractivity contribution >= 4 is 11.8 Å². The van der Waals surface area contributed by atoms with Gasteiger partial charge in [0.05, 0.1) is 0 Å². The molecule has 0 fully saturated rings. The molecule has 7 heteroatoms. The lowest BCUT2D eigenvalue weighted by molar-refractivity contribution is -0.142. The Morgan fingerprint density at radius 2 is 1.72 bits per heavy atom. The Balaban J connectivity index is 2.15. The van der Waals surface area contributed by atoms with Gasteiger partial charge < -0.3 is 15.0 Å². The molecule has 0 aliphatic rings. The van der Waals surface area contributed by atoms with E-state index >= 15 is 0 Å². The monoisotopic (exact) mass is 404 g/mol. The Morgan fingerprint density at radius 3 is 2.34 bits per heavy atom. The summed E-state index contributed by atoms with van der Waals surface area (Å²) in [6.45, 7) is 5.09. The van der Waals surface area contributed by atoms with Crippen LogP contribution in [0.15, 0.2) is 48.5 Å². The Morgan fingerprint density at radius 1 is 1.07 bits per heavy atom. The normalized spacial score (nSPS) is 12.7. The highest BCUT2D eigenvalue weighted by Crippen LogP contribution is 2.16. The van der Waals surface area contributed by atoms with Crippen LogP contribution in [0.1, 0.15) is 32.8 Å². The zero-order valence-electron chi connectivity index (χ0n) is 16.8. The summed E-state index contributed by atoms with van der Waals surface area (Å²) in [4.78, 5) is 26.7. The Hall–Kier alpha value is -2.96. The zero-order valence-corrected chi connectivity index (χ0v) is 16.8. The van der Waals surface area contributed by atoms with Crippen LogP contribution in [0.3, 0.4) is 0 Å². The van der Waals surface area contributed by atoms with Gasteiger partial charge in [-0.2, -0.15) is 0 Å². The number of ether oxygens (including phenoxy) is 1. The van der Waals surface area contributed by atoms with E-state index in [4.69, 9.17) is 4.74 Å². The van der Waals surface area contributed by atoms with E-state index in [1.165, 1.54) is 35.2 Å². The van der Waals surface area contributed by atoms with Gasteiger partial charge in [0.15, 0.2) is 18.2 Å². The number of nitrogens with zero attached hydrogens (tertiary/aromatic N) is 1. The van der Waals surface area contributed by atoms with Crippen molar-refractivity contribution in [3.8, 4) is 5.75 Å². The lowest BCUT2D eigenvalue weighted by Gasteiger charge is -2.29. The van der Waals surface area contributed by atoms with E-state index in [1.54, 1.807) is 25.1 Å². The third-order valence-corrected chi connectivity index (χ3v) is 4.62. The van der Waals surface area contributed by atoms with E-state index in [2.05, 4.69) is 5.32 Å². The quantitative estimate of drug-likeness (QED) is 0.694. The van der Waals surface area contributed by atoms with Crippen LogP contribution < -0.4 is 10.1 Å². The maximum atomic E-state index is 13.7. The number of nitrogens with one attached hydrogen (secondary N) is 1. The van der Waals surface area contributed by atoms with E-state index in [-0.39, 0.29) is 24.2 Å². The van der Waals surface area contributed by atoms with Gasteiger partial charge >= 0.3 is 0 Å². The highest BCUT2D eigenvalue weighted by atomic mass is 19.1. The molecule has 0 aromatic heterocycles. The maximum absolute atomic E-state index is 13.7. The smallest absolute Gasteiger partial charge is 0.261 e. The van der Waals surface area contributed by atoms with Crippen LogP contribution in [0.4, 0.5) is 8.78 Å². The highest BCUT2D eigenvalue weighted by molar-refractivity contribution is 5.88. The van der Waals surface area contributed by atoms with E-state index in [0.29, 0.717) is 5.56 Å². The molecule has 0 saturated carbocycles. The Labute approximate surface area is 169 Å². The van der Waals surface area contributed by atoms with Gasteiger partial charge in [0.1, 0.15) is 11.9 Å². The molecule has 2 amide bonds. The van der Waals surface area contributed by atoms with Crippen LogP contribution in [0, 0.1) is 11.6 Å². The molecule has 0 unspecified atom stereocenters. The second-order valence-electron chi connectivity index (χ2n) is 6.86. The van der Waals surface area contributed by atoms with Crippen LogP contribution in [0.5, 0.6) is 5.75 Å². The van der Waals surface area contributed by atoms with Crippen LogP contribution in [-0.2, 0) is 16.1 Å². The summed E-state index contributed by atoms with van der Waals surface area (Å²) in [5.74, 6) is -1.80. The Bertz CT molecular complexity index is 827. The second-order valence-corrected chi connectivity index (χ2v) is 6.86. The topological polar surface area (TPSA) is 58.6 Å². The molecule has 29 heavy (non-hydrogen) atoms. The standard InChI is InChI=1S/C22H26F2N2O3/c1-4-15(2)25-22(28)16(3)26(13-17-9-11-18(23)12-10-17)21(27)14-29-20-8-6-5-7-19(20)24/h5-12,15-16H,4,13-14H2,1-3H3,(H,25,28)/t15-,16-/m0/s1. The number of carbonyl (C=O) groups excluding carboxylic acids is 2. The molecule has 156 valence electrons. The first-order chi connectivity index (χ1) is 13.8. The first-order valence-corrected chi connectivity index (χ1v) is 9.53. The summed E-state index contributed by atoms with van der Waals surface area (Å²) in [6.07, 6.45) is 0.751. The number of benzene rings is 2. The summed E-state index contributed by atoms with van der Waals surface area (Å²) in [7, 11) is 0. The fraction of sp³-hybridized carbons (Fsp3) is 0.364. The molecular weight excluding hydrogens is 378 g/mol. The third-order valence-electron chi connectivity index (χ3n) is 4.62. The fourth-order valence-electron chi connectivity index (χ4n) is 2.62. The molecule has 1 N–H and O–H groups in total. The number of hydrogen-bond donors (Lipinski definition) is 1. The van der Waals surface area contributed by atoms with Crippen molar-refractivity contribution in [1.29, 1.82) is 0 Å². The van der Waals surface area contributed by atoms with E-state index < -0.39 is 30.2 Å². The van der Waals surface area contributed by atoms with Crippen molar-refractivity contribution in [3.63, 3.8) is 0 Å². The lowest BCUT2D eigenvalue weighted by Crippen LogP contribution is -2.50. The van der Waals surface area contributed by atoms with Gasteiger partial charge in [0.25, 0.3) is 5.91 Å². The van der Waals surface area contributed by atoms with E-state index in [9.17, 15) is 18.4 Å². The summed E-state index contributed by atoms with van der Waals surface area (Å²) in [5, 5.41) is 2.85. The average molecular weight is 404 g/mol. The molecule has 2 aromatic rings. The number of para-hydroxylation sites is 1. The molecule has 0 radical (unpaired) electrons. The van der Waals surface area contributed by atoms with Crippen molar-refractivity contribution < 1.29 is 23.1 Å². The first-order valence-electron chi connectivity index (χ1n) is 9.53. The van der Waals surface area contributed by atoms with Crippen molar-refractivity contribution in [3.05, 3.63) is 65.7 Å². The molecule has 0 aliphatic carbocycles. The molecule has 0 aliphatic heterocycles. The van der Waals surface area contributed by atoms with Gasteiger partial charge in [-0.15, -0.1) is 0 Å². The van der Waals surface area contributed by atoms with Gasteiger partial charge in [-0.1, -0.05) is 31.2 Å². The molecule has 0 saturated heterocycles. The summed E-state index contributed by atoms with van der Waals surface area (Å²) < 4.78 is 32.3. The lowest BCUT2D eigenvalue weighted by atomic mass is 10.1. The fourth-order valence-corrected chi connectivity index (χ4v) is 2.62. The maximum Gasteiger partial charge on any atom is 0.261 e. The SMILES string of the molecule is CC[C@H](C)NC(=O)[C@H](C)N(Cc1ccc(F)cc1)C(=O)COc1ccccc1F. The van der Waals surface area contributed by atoms with Crippen molar-refractivity contribution in [2.45, 2.75) is 45.8 Å². The van der Waals surface area contributed by atoms with Crippen molar-refractivity contribution in [1.82, 2.24) is 10.2 Å². The predicted octanol–water partition coefficient (Wildman–Crippen LogP) is 3.68. The Kier molecular flexibility index (Phi) is 8.12. The third kappa shape index (κ3) is 6.55. The van der Waals surface area contributed by atoms with Crippen LogP contribution in [0.25, 0.3) is 0 Å². The van der Waals surface area contributed by atoms with Crippen molar-refractivity contribution in [2.75, 3.05) is 6.61 Å². The zero-order chi connectivity index (χ0) is 21.4. The second kappa shape index (κ2) is 10.5. The molecule has 0 heterocycles. The molecule has 2 atom stereocenters. The summed E-state index contributed by atoms with van der Waals surface area (Å²) in [5.41, 5.74) is 0.661. The number of carbonyl (C=O) groups is 2. The minimum Gasteiger partial charge on any atom is -0.481 e. The highest BCUT2D eigenvalue weighted by Gasteiger charge is 2.27. The molecule has 0 bridgehead atoms. The van der Waals surface area contributed by atoms with Gasteiger partial charge in [-0.05, 0) is 50.1 Å². The molecule has 2 rings (SSSR count). The number of hydrogen-bond acceptors (Lipinski definition) is 3. The molecular formula is C22H26F2N2O3. The minimum absolute atomic E-state index is 0.0395. The average Bonchev–Trinajstić information content (AvgIpc) is 2.71. The van der Waals surface area contributed by atoms with Crippen LogP contribution in [-0.4, -0.2) is 35.4 Å². The number of rotatable bonds is 9. The summed E-state index contributed by atoms with van der Waals surface area (Å²) >= 11 is 0. The van der Waals surface area contributed by atoms with Crippen LogP contribution >= 0.6 is 0 Å². The summed E-state index contributed by atoms with van der Waals surface area (Å²) in [6, 6.07) is 10.6. The van der Waals surface area contributed by atoms with Gasteiger partial charge in [0.2, 0.25) is 5.91 Å². The van der Waals surface area contributed by atoms with Gasteiger partial charge in [-0.25, -0.2) is 8.78 Å². The minimum atomic E-state index is -0.786. The number of halogens is 2. The van der Waals surface area contributed by atoms with Gasteiger partial charge in [0, 0.05) is 12.6 Å². The predicted molar refractivity (Wildman–Crippen MR) is 106 cm³/mol. The largest absolute Gasteiger partial charge is 0.481 e. The van der Waals surface area contributed by atoms with Crippen molar-refractivity contribution in [2.24, 2.45) is 0 Å². The van der Waals surface area contributed by atoms with E-state index in [0.717, 1.165) is 6.42 Å².